The predicted octanol–water partition coefficient (Wildman–Crippen LogP) is 4.57. The van der Waals surface area contributed by atoms with E-state index in [0.717, 1.165) is 20.4 Å². The summed E-state index contributed by atoms with van der Waals surface area (Å²) < 4.78 is 7.15. The Morgan fingerprint density at radius 3 is 2.61 bits per heavy atom. The molecule has 0 aliphatic rings. The van der Waals surface area contributed by atoms with Gasteiger partial charge in [-0.2, -0.15) is 0 Å². The molecule has 2 rings (SSSR count). The summed E-state index contributed by atoms with van der Waals surface area (Å²) in [6.45, 7) is 0.423. The highest BCUT2D eigenvalue weighted by Crippen LogP contribution is 2.30. The van der Waals surface area contributed by atoms with Crippen LogP contribution in [-0.2, 0) is 0 Å². The summed E-state index contributed by atoms with van der Waals surface area (Å²) in [7, 11) is 0. The molecule has 0 amide bonds. The van der Waals surface area contributed by atoms with E-state index in [-0.39, 0.29) is 6.04 Å². The van der Waals surface area contributed by atoms with Crippen LogP contribution in [0.3, 0.4) is 0 Å². The van der Waals surface area contributed by atoms with E-state index in [1.54, 1.807) is 6.26 Å². The van der Waals surface area contributed by atoms with Crippen LogP contribution in [0.25, 0.3) is 0 Å². The van der Waals surface area contributed by atoms with Gasteiger partial charge in [0.1, 0.15) is 5.76 Å². The van der Waals surface area contributed by atoms with Gasteiger partial charge in [-0.3, -0.25) is 0 Å². The molecule has 3 nitrogen and oxygen atoms in total. The third-order valence-corrected chi connectivity index (χ3v) is 4.33. The lowest BCUT2D eigenvalue weighted by atomic mass is 10.2. The fourth-order valence-corrected chi connectivity index (χ4v) is 2.55. The van der Waals surface area contributed by atoms with Gasteiger partial charge in [-0.1, -0.05) is 11.6 Å². The minimum absolute atomic E-state index is 0.0950. The number of halogens is 3. The largest absolute Gasteiger partial charge is 0.466 e. The third kappa shape index (κ3) is 3.09. The van der Waals surface area contributed by atoms with E-state index >= 15 is 0 Å². The Labute approximate surface area is 127 Å². The minimum Gasteiger partial charge on any atom is -0.466 e. The van der Waals surface area contributed by atoms with E-state index in [1.165, 1.54) is 0 Å². The molecule has 1 unspecified atom stereocenters. The van der Waals surface area contributed by atoms with Crippen molar-refractivity contribution in [2.24, 2.45) is 5.73 Å². The lowest BCUT2D eigenvalue weighted by Gasteiger charge is -2.17. The summed E-state index contributed by atoms with van der Waals surface area (Å²) >= 11 is 12.8. The van der Waals surface area contributed by atoms with Crippen LogP contribution in [0.15, 0.2) is 43.9 Å². The molecule has 0 radical (unpaired) electrons. The molecule has 18 heavy (non-hydrogen) atoms. The predicted molar refractivity (Wildman–Crippen MR) is 81.0 cm³/mol. The normalized spacial score (nSPS) is 12.4. The standard InChI is InChI=1S/C12H11Br2ClN2O/c13-8-3-4-18-12(8)11(6-16)17-7-1-2-10(15)9(14)5-7/h1-5,11,17H,6,16H2. The number of nitrogens with one attached hydrogen (secondary N) is 1. The minimum atomic E-state index is -0.0950. The summed E-state index contributed by atoms with van der Waals surface area (Å²) in [5, 5.41) is 3.97. The van der Waals surface area contributed by atoms with Gasteiger partial charge in [-0.25, -0.2) is 0 Å². The van der Waals surface area contributed by atoms with Gasteiger partial charge in [-0.05, 0) is 56.1 Å². The Balaban J connectivity index is 2.20. The van der Waals surface area contributed by atoms with Crippen LogP contribution in [0, 0.1) is 0 Å². The van der Waals surface area contributed by atoms with Crippen molar-refractivity contribution < 1.29 is 4.42 Å². The van der Waals surface area contributed by atoms with Gasteiger partial charge in [-0.15, -0.1) is 0 Å². The Morgan fingerprint density at radius 1 is 1.28 bits per heavy atom. The average Bonchev–Trinajstić information content (AvgIpc) is 2.77. The molecular formula is C12H11Br2ClN2O. The fraction of sp³-hybridized carbons (Fsp3) is 0.167. The number of nitrogens with two attached hydrogens (primary N) is 1. The highest BCUT2D eigenvalue weighted by molar-refractivity contribution is 9.10. The number of anilines is 1. The van der Waals surface area contributed by atoms with Crippen molar-refractivity contribution >= 4 is 49.1 Å². The van der Waals surface area contributed by atoms with Crippen molar-refractivity contribution in [2.75, 3.05) is 11.9 Å². The Kier molecular flexibility index (Phi) is 4.72. The average molecular weight is 394 g/mol. The van der Waals surface area contributed by atoms with E-state index in [2.05, 4.69) is 37.2 Å². The lowest BCUT2D eigenvalue weighted by molar-refractivity contribution is 0.479. The van der Waals surface area contributed by atoms with Crippen LogP contribution >= 0.6 is 43.5 Å². The molecule has 0 bridgehead atoms. The van der Waals surface area contributed by atoms with Gasteiger partial charge in [0.2, 0.25) is 0 Å². The van der Waals surface area contributed by atoms with Gasteiger partial charge in [0.15, 0.2) is 0 Å². The van der Waals surface area contributed by atoms with Crippen molar-refractivity contribution in [1.29, 1.82) is 0 Å². The topological polar surface area (TPSA) is 51.2 Å². The lowest BCUT2D eigenvalue weighted by Crippen LogP contribution is -2.20. The molecule has 0 aliphatic heterocycles. The molecule has 6 heteroatoms. The SMILES string of the molecule is NCC(Nc1ccc(Cl)c(Br)c1)c1occc1Br. The molecule has 0 fully saturated rings. The number of furan rings is 1. The maximum absolute atomic E-state index is 5.95. The van der Waals surface area contributed by atoms with Gasteiger partial charge < -0.3 is 15.5 Å². The first-order valence-corrected chi connectivity index (χ1v) is 7.22. The van der Waals surface area contributed by atoms with Crippen LogP contribution in [0.5, 0.6) is 0 Å². The van der Waals surface area contributed by atoms with Crippen molar-refractivity contribution in [3.8, 4) is 0 Å². The summed E-state index contributed by atoms with van der Waals surface area (Å²) in [5.41, 5.74) is 6.69. The van der Waals surface area contributed by atoms with Crippen LogP contribution in [-0.4, -0.2) is 6.54 Å². The molecule has 0 spiro atoms. The highest BCUT2D eigenvalue weighted by Gasteiger charge is 2.16. The third-order valence-electron chi connectivity index (χ3n) is 2.46. The number of hydrogen-bond acceptors (Lipinski definition) is 3. The quantitative estimate of drug-likeness (QED) is 0.799. The number of rotatable bonds is 4. The van der Waals surface area contributed by atoms with E-state index in [4.69, 9.17) is 21.8 Å². The van der Waals surface area contributed by atoms with Crippen molar-refractivity contribution in [3.63, 3.8) is 0 Å². The summed E-state index contributed by atoms with van der Waals surface area (Å²) in [6, 6.07) is 7.37. The first-order chi connectivity index (χ1) is 8.61. The van der Waals surface area contributed by atoms with Crippen molar-refractivity contribution in [3.05, 3.63) is 50.3 Å². The summed E-state index contributed by atoms with van der Waals surface area (Å²) in [5.74, 6) is 0.781. The van der Waals surface area contributed by atoms with Crippen LogP contribution < -0.4 is 11.1 Å². The van der Waals surface area contributed by atoms with E-state index < -0.39 is 0 Å². The van der Waals surface area contributed by atoms with Crippen molar-refractivity contribution in [2.45, 2.75) is 6.04 Å². The maximum atomic E-state index is 5.95. The van der Waals surface area contributed by atoms with E-state index in [9.17, 15) is 0 Å². The molecule has 3 N–H and O–H groups in total. The first kappa shape index (κ1) is 13.9. The van der Waals surface area contributed by atoms with E-state index in [0.29, 0.717) is 11.6 Å². The maximum Gasteiger partial charge on any atom is 0.141 e. The fourth-order valence-electron chi connectivity index (χ4n) is 1.57. The molecule has 2 aromatic rings. The molecule has 0 saturated heterocycles. The van der Waals surface area contributed by atoms with Crippen LogP contribution in [0.4, 0.5) is 5.69 Å². The van der Waals surface area contributed by atoms with Gasteiger partial charge in [0.05, 0.1) is 21.8 Å². The molecule has 0 saturated carbocycles. The van der Waals surface area contributed by atoms with Gasteiger partial charge in [0, 0.05) is 16.7 Å². The second kappa shape index (κ2) is 6.10. The zero-order valence-corrected chi connectivity index (χ0v) is 13.2. The second-order valence-electron chi connectivity index (χ2n) is 3.69. The molecule has 1 heterocycles. The highest BCUT2D eigenvalue weighted by atomic mass is 79.9. The molecule has 1 atom stereocenters. The molecule has 0 aliphatic carbocycles. The number of benzene rings is 1. The van der Waals surface area contributed by atoms with Crippen LogP contribution in [0.1, 0.15) is 11.8 Å². The van der Waals surface area contributed by atoms with E-state index in [1.807, 2.05) is 24.3 Å². The molecule has 1 aromatic carbocycles. The number of hydrogen-bond donors (Lipinski definition) is 2. The smallest absolute Gasteiger partial charge is 0.141 e. The second-order valence-corrected chi connectivity index (χ2v) is 5.81. The Hall–Kier alpha value is -0.490. The summed E-state index contributed by atoms with van der Waals surface area (Å²) in [6.07, 6.45) is 1.63. The van der Waals surface area contributed by atoms with Gasteiger partial charge in [0.25, 0.3) is 0 Å². The van der Waals surface area contributed by atoms with Crippen molar-refractivity contribution in [1.82, 2.24) is 0 Å². The molecule has 1 aromatic heterocycles. The first-order valence-electron chi connectivity index (χ1n) is 5.26. The van der Waals surface area contributed by atoms with Gasteiger partial charge >= 0.3 is 0 Å². The Bertz CT molecular complexity index is 545. The van der Waals surface area contributed by atoms with Crippen LogP contribution in [0.2, 0.25) is 5.02 Å². The molecule has 96 valence electrons. The zero-order valence-electron chi connectivity index (χ0n) is 9.29. The summed E-state index contributed by atoms with van der Waals surface area (Å²) in [4.78, 5) is 0. The molecular weight excluding hydrogens is 383 g/mol. The zero-order chi connectivity index (χ0) is 13.1. The monoisotopic (exact) mass is 392 g/mol. The Morgan fingerprint density at radius 2 is 2.06 bits per heavy atom.